The highest BCUT2D eigenvalue weighted by atomic mass is 16.6. The number of aryl methyl sites for hydroxylation is 2. The molecule has 0 unspecified atom stereocenters. The average molecular weight is 495 g/mol. The van der Waals surface area contributed by atoms with E-state index in [9.17, 15) is 14.9 Å². The quantitative estimate of drug-likeness (QED) is 0.179. The number of carbonyl (C=O) groups excluding carboxylic acids is 1. The first-order valence-corrected chi connectivity index (χ1v) is 12.1. The standard InChI is InChI=1S/C28H26N6O3/c1-20-30-25-10-5-6-11-26(25)32(20)17-7-16-29-27(35)18-22-19-33(23-8-3-2-4-9-23)31-28(22)21-12-14-24(15-13-21)34(36)37/h2-6,8-15,19H,7,16-18H2,1H3,(H,29,35). The molecule has 0 bridgehead atoms. The number of carbonyl (C=O) groups is 1. The minimum Gasteiger partial charge on any atom is -0.356 e. The molecule has 37 heavy (non-hydrogen) atoms. The van der Waals surface area contributed by atoms with Crippen molar-refractivity contribution < 1.29 is 9.72 Å². The normalized spacial score (nSPS) is 11.1. The van der Waals surface area contributed by atoms with Crippen LogP contribution in [0.5, 0.6) is 0 Å². The number of nitro benzene ring substituents is 1. The van der Waals surface area contributed by atoms with Crippen molar-refractivity contribution in [2.24, 2.45) is 0 Å². The molecule has 3 aromatic carbocycles. The zero-order chi connectivity index (χ0) is 25.8. The fourth-order valence-electron chi connectivity index (χ4n) is 4.41. The highest BCUT2D eigenvalue weighted by Gasteiger charge is 2.17. The summed E-state index contributed by atoms with van der Waals surface area (Å²) in [5, 5.41) is 18.8. The molecule has 5 aromatic rings. The van der Waals surface area contributed by atoms with Gasteiger partial charge in [0.25, 0.3) is 5.69 Å². The van der Waals surface area contributed by atoms with Crippen molar-refractivity contribution in [1.82, 2.24) is 24.6 Å². The summed E-state index contributed by atoms with van der Waals surface area (Å²) in [6.45, 7) is 3.28. The number of amides is 1. The number of nitro groups is 1. The van der Waals surface area contributed by atoms with Crippen molar-refractivity contribution >= 4 is 22.6 Å². The maximum absolute atomic E-state index is 12.9. The first kappa shape index (κ1) is 23.9. The number of benzene rings is 3. The lowest BCUT2D eigenvalue weighted by molar-refractivity contribution is -0.384. The van der Waals surface area contributed by atoms with Gasteiger partial charge in [-0.3, -0.25) is 14.9 Å². The zero-order valence-electron chi connectivity index (χ0n) is 20.4. The number of rotatable bonds is 9. The van der Waals surface area contributed by atoms with Gasteiger partial charge in [-0.15, -0.1) is 0 Å². The molecule has 0 aliphatic rings. The Hall–Kier alpha value is -4.79. The molecule has 2 heterocycles. The molecule has 0 atom stereocenters. The molecular weight excluding hydrogens is 468 g/mol. The third-order valence-corrected chi connectivity index (χ3v) is 6.24. The summed E-state index contributed by atoms with van der Waals surface area (Å²) in [5.41, 5.74) is 5.00. The van der Waals surface area contributed by atoms with Crippen LogP contribution in [0.4, 0.5) is 5.69 Å². The third-order valence-electron chi connectivity index (χ3n) is 6.24. The van der Waals surface area contributed by atoms with E-state index in [0.29, 0.717) is 17.8 Å². The molecule has 9 nitrogen and oxygen atoms in total. The van der Waals surface area contributed by atoms with E-state index in [1.54, 1.807) is 16.8 Å². The lowest BCUT2D eigenvalue weighted by Gasteiger charge is -2.08. The summed E-state index contributed by atoms with van der Waals surface area (Å²) >= 11 is 0. The summed E-state index contributed by atoms with van der Waals surface area (Å²) in [5.74, 6) is 0.844. The van der Waals surface area contributed by atoms with Gasteiger partial charge < -0.3 is 9.88 Å². The number of nitrogens with one attached hydrogen (secondary N) is 1. The van der Waals surface area contributed by atoms with Gasteiger partial charge in [0.15, 0.2) is 0 Å². The molecule has 0 saturated carbocycles. The molecule has 9 heteroatoms. The highest BCUT2D eigenvalue weighted by molar-refractivity contribution is 5.81. The van der Waals surface area contributed by atoms with E-state index in [-0.39, 0.29) is 18.0 Å². The fourth-order valence-corrected chi connectivity index (χ4v) is 4.41. The van der Waals surface area contributed by atoms with Crippen molar-refractivity contribution in [2.75, 3.05) is 6.54 Å². The molecule has 186 valence electrons. The lowest BCUT2D eigenvalue weighted by atomic mass is 10.1. The molecule has 1 amide bonds. The van der Waals surface area contributed by atoms with E-state index < -0.39 is 4.92 Å². The number of hydrogen-bond donors (Lipinski definition) is 1. The van der Waals surface area contributed by atoms with Gasteiger partial charge in [-0.25, -0.2) is 9.67 Å². The minimum absolute atomic E-state index is 0.00597. The number of hydrogen-bond acceptors (Lipinski definition) is 5. The van der Waals surface area contributed by atoms with Crippen LogP contribution in [0.3, 0.4) is 0 Å². The van der Waals surface area contributed by atoms with Gasteiger partial charge in [0.05, 0.1) is 33.8 Å². The Kier molecular flexibility index (Phi) is 6.76. The summed E-state index contributed by atoms with van der Waals surface area (Å²) in [7, 11) is 0. The molecule has 0 fully saturated rings. The fraction of sp³-hybridized carbons (Fsp3) is 0.179. The Labute approximate surface area is 213 Å². The van der Waals surface area contributed by atoms with Crippen LogP contribution < -0.4 is 5.32 Å². The van der Waals surface area contributed by atoms with Crippen molar-refractivity contribution in [1.29, 1.82) is 0 Å². The van der Waals surface area contributed by atoms with Gasteiger partial charge in [-0.2, -0.15) is 5.10 Å². The van der Waals surface area contributed by atoms with E-state index in [1.807, 2.05) is 61.7 Å². The van der Waals surface area contributed by atoms with E-state index >= 15 is 0 Å². The largest absolute Gasteiger partial charge is 0.356 e. The first-order chi connectivity index (χ1) is 18.0. The van der Waals surface area contributed by atoms with Gasteiger partial charge >= 0.3 is 0 Å². The second-order valence-electron chi connectivity index (χ2n) is 8.77. The van der Waals surface area contributed by atoms with Crippen LogP contribution in [0.2, 0.25) is 0 Å². The molecule has 5 rings (SSSR count). The van der Waals surface area contributed by atoms with Crippen LogP contribution in [-0.4, -0.2) is 36.7 Å². The Bertz CT molecular complexity index is 1550. The molecule has 0 spiro atoms. The molecule has 0 radical (unpaired) electrons. The SMILES string of the molecule is Cc1nc2ccccc2n1CCCNC(=O)Cc1cn(-c2ccccc2)nc1-c1ccc([N+](=O)[O-])cc1. The van der Waals surface area contributed by atoms with Gasteiger partial charge in [-0.05, 0) is 49.7 Å². The van der Waals surface area contributed by atoms with Gasteiger partial charge in [0.2, 0.25) is 5.91 Å². The Morgan fingerprint density at radius 1 is 1.00 bits per heavy atom. The summed E-state index contributed by atoms with van der Waals surface area (Å²) < 4.78 is 3.89. The number of imidazole rings is 1. The molecule has 1 N–H and O–H groups in total. The highest BCUT2D eigenvalue weighted by Crippen LogP contribution is 2.26. The second-order valence-corrected chi connectivity index (χ2v) is 8.77. The molecule has 0 aliphatic carbocycles. The molecule has 0 saturated heterocycles. The Morgan fingerprint density at radius 3 is 2.49 bits per heavy atom. The Morgan fingerprint density at radius 2 is 1.73 bits per heavy atom. The van der Waals surface area contributed by atoms with Gasteiger partial charge in [0, 0.05) is 42.5 Å². The second kappa shape index (κ2) is 10.4. The smallest absolute Gasteiger partial charge is 0.269 e. The Balaban J connectivity index is 1.28. The van der Waals surface area contributed by atoms with E-state index in [4.69, 9.17) is 5.10 Å². The predicted molar refractivity (Wildman–Crippen MR) is 141 cm³/mol. The molecule has 2 aromatic heterocycles. The lowest BCUT2D eigenvalue weighted by Crippen LogP contribution is -2.27. The molecule has 0 aliphatic heterocycles. The van der Waals surface area contributed by atoms with Gasteiger partial charge in [0.1, 0.15) is 5.82 Å². The summed E-state index contributed by atoms with van der Waals surface area (Å²) in [6.07, 6.45) is 2.75. The molecular formula is C28H26N6O3. The average Bonchev–Trinajstić information content (AvgIpc) is 3.47. The summed E-state index contributed by atoms with van der Waals surface area (Å²) in [4.78, 5) is 28.1. The predicted octanol–water partition coefficient (Wildman–Crippen LogP) is 4.85. The number of non-ortho nitro benzene ring substituents is 1. The van der Waals surface area contributed by atoms with Crippen LogP contribution in [-0.2, 0) is 17.8 Å². The van der Waals surface area contributed by atoms with E-state index in [0.717, 1.165) is 41.1 Å². The van der Waals surface area contributed by atoms with E-state index in [1.165, 1.54) is 12.1 Å². The van der Waals surface area contributed by atoms with Crippen molar-refractivity contribution in [3.8, 4) is 16.9 Å². The third kappa shape index (κ3) is 5.25. The van der Waals surface area contributed by atoms with Crippen molar-refractivity contribution in [2.45, 2.75) is 26.3 Å². The minimum atomic E-state index is -0.436. The zero-order valence-corrected chi connectivity index (χ0v) is 20.4. The maximum Gasteiger partial charge on any atom is 0.269 e. The monoisotopic (exact) mass is 494 g/mol. The van der Waals surface area contributed by atoms with Crippen LogP contribution in [0.1, 0.15) is 17.8 Å². The van der Waals surface area contributed by atoms with Crippen LogP contribution in [0, 0.1) is 17.0 Å². The van der Waals surface area contributed by atoms with Gasteiger partial charge in [-0.1, -0.05) is 30.3 Å². The number of aromatic nitrogens is 4. The first-order valence-electron chi connectivity index (χ1n) is 12.1. The van der Waals surface area contributed by atoms with E-state index in [2.05, 4.69) is 20.9 Å². The van der Waals surface area contributed by atoms with Crippen LogP contribution in [0.25, 0.3) is 28.0 Å². The topological polar surface area (TPSA) is 108 Å². The number of fused-ring (bicyclic) bond motifs is 1. The van der Waals surface area contributed by atoms with Crippen molar-refractivity contribution in [3.05, 3.63) is 107 Å². The number of nitrogens with zero attached hydrogens (tertiary/aromatic N) is 5. The number of para-hydroxylation sites is 3. The summed E-state index contributed by atoms with van der Waals surface area (Å²) in [6, 6.07) is 23.9. The van der Waals surface area contributed by atoms with Crippen LogP contribution >= 0.6 is 0 Å². The maximum atomic E-state index is 12.9. The van der Waals surface area contributed by atoms with Crippen molar-refractivity contribution in [3.63, 3.8) is 0 Å². The van der Waals surface area contributed by atoms with Crippen LogP contribution in [0.15, 0.2) is 85.1 Å².